The van der Waals surface area contributed by atoms with Gasteiger partial charge in [0.1, 0.15) is 0 Å². The quantitative estimate of drug-likeness (QED) is 0.675. The fourth-order valence-corrected chi connectivity index (χ4v) is 3.75. The Bertz CT molecular complexity index is 766. The van der Waals surface area contributed by atoms with E-state index in [-0.39, 0.29) is 4.90 Å². The van der Waals surface area contributed by atoms with Crippen LogP contribution in [0.3, 0.4) is 0 Å². The van der Waals surface area contributed by atoms with Gasteiger partial charge in [-0.3, -0.25) is 4.72 Å². The van der Waals surface area contributed by atoms with Crippen LogP contribution in [-0.4, -0.2) is 8.42 Å². The second-order valence-electron chi connectivity index (χ2n) is 3.81. The molecule has 0 heterocycles. The Morgan fingerprint density at radius 1 is 0.950 bits per heavy atom. The van der Waals surface area contributed by atoms with Gasteiger partial charge in [0.2, 0.25) is 0 Å². The number of rotatable bonds is 3. The van der Waals surface area contributed by atoms with Crippen LogP contribution >= 0.6 is 55.1 Å². The molecule has 0 saturated carbocycles. The molecule has 2 aromatic carbocycles. The van der Waals surface area contributed by atoms with Gasteiger partial charge in [-0.15, -0.1) is 0 Å². The number of anilines is 1. The lowest BCUT2D eigenvalue weighted by atomic mass is 10.3. The number of halogens is 4. The summed E-state index contributed by atoms with van der Waals surface area (Å²) in [4.78, 5) is 0.0878. The first kappa shape index (κ1) is 16.1. The summed E-state index contributed by atoms with van der Waals surface area (Å²) in [6, 6.07) is 9.26. The molecule has 0 atom stereocenters. The molecule has 2 rings (SSSR count). The zero-order valence-corrected chi connectivity index (χ0v) is 15.2. The normalized spacial score (nSPS) is 11.4. The molecule has 0 amide bonds. The van der Waals surface area contributed by atoms with Crippen molar-refractivity contribution in [3.63, 3.8) is 0 Å². The Kier molecular flexibility index (Phi) is 5.02. The van der Waals surface area contributed by atoms with Crippen molar-refractivity contribution in [3.8, 4) is 0 Å². The second-order valence-corrected chi connectivity index (χ2v) is 8.07. The van der Waals surface area contributed by atoms with Gasteiger partial charge >= 0.3 is 0 Å². The van der Waals surface area contributed by atoms with Gasteiger partial charge in [-0.25, -0.2) is 8.42 Å². The Morgan fingerprint density at radius 2 is 1.60 bits per heavy atom. The van der Waals surface area contributed by atoms with Crippen LogP contribution in [0.15, 0.2) is 50.2 Å². The molecule has 0 bridgehead atoms. The smallest absolute Gasteiger partial charge is 0.261 e. The minimum absolute atomic E-state index is 0.0878. The summed E-state index contributed by atoms with van der Waals surface area (Å²) in [5.74, 6) is 0. The third kappa shape index (κ3) is 3.68. The molecule has 20 heavy (non-hydrogen) atoms. The lowest BCUT2D eigenvalue weighted by Gasteiger charge is -2.10. The lowest BCUT2D eigenvalue weighted by Crippen LogP contribution is -2.13. The SMILES string of the molecule is O=S(=O)(Nc1cc(Br)ccc1Cl)c1ccc(Cl)c(Br)c1. The van der Waals surface area contributed by atoms with E-state index >= 15 is 0 Å². The maximum atomic E-state index is 12.3. The van der Waals surface area contributed by atoms with E-state index in [0.717, 1.165) is 4.47 Å². The van der Waals surface area contributed by atoms with E-state index in [2.05, 4.69) is 36.6 Å². The Morgan fingerprint density at radius 3 is 2.25 bits per heavy atom. The maximum absolute atomic E-state index is 12.3. The van der Waals surface area contributed by atoms with Crippen molar-refractivity contribution < 1.29 is 8.42 Å². The summed E-state index contributed by atoms with van der Waals surface area (Å²) >= 11 is 18.3. The van der Waals surface area contributed by atoms with E-state index in [9.17, 15) is 8.42 Å². The van der Waals surface area contributed by atoms with Crippen LogP contribution in [0.1, 0.15) is 0 Å². The van der Waals surface area contributed by atoms with Crippen LogP contribution in [0.2, 0.25) is 10.0 Å². The number of sulfonamides is 1. The van der Waals surface area contributed by atoms with Crippen LogP contribution in [0, 0.1) is 0 Å². The van der Waals surface area contributed by atoms with Crippen LogP contribution in [0.25, 0.3) is 0 Å². The second kappa shape index (κ2) is 6.23. The van der Waals surface area contributed by atoms with Crippen molar-refractivity contribution in [2.75, 3.05) is 4.72 Å². The molecule has 2 aromatic rings. The fourth-order valence-electron chi connectivity index (χ4n) is 1.42. The molecule has 0 spiro atoms. The molecule has 0 aliphatic heterocycles. The molecule has 0 aliphatic carbocycles. The highest BCUT2D eigenvalue weighted by atomic mass is 79.9. The molecule has 3 nitrogen and oxygen atoms in total. The Hall–Kier alpha value is -0.270. The first-order chi connectivity index (χ1) is 9.29. The molecule has 8 heteroatoms. The van der Waals surface area contributed by atoms with Crippen LogP contribution in [0.5, 0.6) is 0 Å². The van der Waals surface area contributed by atoms with Gasteiger partial charge in [-0.2, -0.15) is 0 Å². The average Bonchev–Trinajstić information content (AvgIpc) is 2.36. The van der Waals surface area contributed by atoms with Crippen molar-refractivity contribution in [3.05, 3.63) is 55.4 Å². The van der Waals surface area contributed by atoms with E-state index in [4.69, 9.17) is 23.2 Å². The van der Waals surface area contributed by atoms with Gasteiger partial charge in [-0.05, 0) is 52.3 Å². The standard InChI is InChI=1S/C12H7Br2Cl2NO2S/c13-7-1-3-11(16)12(5-7)17-20(18,19)8-2-4-10(15)9(14)6-8/h1-6,17H. The molecular formula is C12H7Br2Cl2NO2S. The number of hydrogen-bond donors (Lipinski definition) is 1. The topological polar surface area (TPSA) is 46.2 Å². The molecule has 0 saturated heterocycles. The number of hydrogen-bond acceptors (Lipinski definition) is 2. The van der Waals surface area contributed by atoms with E-state index in [0.29, 0.717) is 20.2 Å². The van der Waals surface area contributed by atoms with Gasteiger partial charge in [0.05, 0.1) is 20.6 Å². The highest BCUT2D eigenvalue weighted by Gasteiger charge is 2.17. The summed E-state index contributed by atoms with van der Waals surface area (Å²) in [6.45, 7) is 0. The molecule has 0 radical (unpaired) electrons. The van der Waals surface area contributed by atoms with Crippen LogP contribution in [0.4, 0.5) is 5.69 Å². The number of benzene rings is 2. The summed E-state index contributed by atoms with van der Waals surface area (Å²) in [5.41, 5.74) is 0.298. The van der Waals surface area contributed by atoms with Gasteiger partial charge in [0, 0.05) is 8.95 Å². The maximum Gasteiger partial charge on any atom is 0.261 e. The summed E-state index contributed by atoms with van der Waals surface area (Å²) < 4.78 is 28.2. The molecule has 0 aliphatic rings. The van der Waals surface area contributed by atoms with Crippen molar-refractivity contribution in [1.29, 1.82) is 0 Å². The predicted octanol–water partition coefficient (Wildman–Crippen LogP) is 5.32. The molecular weight excluding hydrogens is 453 g/mol. The van der Waals surface area contributed by atoms with Crippen molar-refractivity contribution in [1.82, 2.24) is 0 Å². The Labute approximate surface area is 143 Å². The third-order valence-electron chi connectivity index (χ3n) is 2.37. The zero-order valence-electron chi connectivity index (χ0n) is 9.70. The highest BCUT2D eigenvalue weighted by Crippen LogP contribution is 2.30. The minimum Gasteiger partial charge on any atom is -0.278 e. The third-order valence-corrected chi connectivity index (χ3v) is 5.77. The monoisotopic (exact) mass is 457 g/mol. The molecule has 0 fully saturated rings. The van der Waals surface area contributed by atoms with Crippen LogP contribution in [-0.2, 0) is 10.0 Å². The van der Waals surface area contributed by atoms with Gasteiger partial charge < -0.3 is 0 Å². The molecule has 106 valence electrons. The largest absolute Gasteiger partial charge is 0.278 e. The average molecular weight is 460 g/mol. The molecule has 0 unspecified atom stereocenters. The molecule has 1 N–H and O–H groups in total. The Balaban J connectivity index is 2.40. The number of nitrogens with one attached hydrogen (secondary N) is 1. The van der Waals surface area contributed by atoms with E-state index in [1.165, 1.54) is 18.2 Å². The van der Waals surface area contributed by atoms with Crippen LogP contribution < -0.4 is 4.72 Å². The van der Waals surface area contributed by atoms with E-state index in [1.807, 2.05) is 0 Å². The van der Waals surface area contributed by atoms with Gasteiger partial charge in [0.25, 0.3) is 10.0 Å². The lowest BCUT2D eigenvalue weighted by molar-refractivity contribution is 0.601. The first-order valence-corrected chi connectivity index (χ1v) is 9.05. The summed E-state index contributed by atoms with van der Waals surface area (Å²) in [7, 11) is -3.74. The predicted molar refractivity (Wildman–Crippen MR) is 89.1 cm³/mol. The van der Waals surface area contributed by atoms with E-state index in [1.54, 1.807) is 18.2 Å². The van der Waals surface area contributed by atoms with Crippen molar-refractivity contribution in [2.24, 2.45) is 0 Å². The van der Waals surface area contributed by atoms with Gasteiger partial charge in [-0.1, -0.05) is 39.1 Å². The van der Waals surface area contributed by atoms with Crippen molar-refractivity contribution >= 4 is 70.8 Å². The minimum atomic E-state index is -3.74. The highest BCUT2D eigenvalue weighted by molar-refractivity contribution is 9.10. The van der Waals surface area contributed by atoms with Gasteiger partial charge in [0.15, 0.2) is 0 Å². The van der Waals surface area contributed by atoms with Crippen molar-refractivity contribution in [2.45, 2.75) is 4.90 Å². The summed E-state index contributed by atoms with van der Waals surface area (Å²) in [6.07, 6.45) is 0. The zero-order chi connectivity index (χ0) is 14.9. The first-order valence-electron chi connectivity index (χ1n) is 5.22. The summed E-state index contributed by atoms with van der Waals surface area (Å²) in [5, 5.41) is 0.745. The fraction of sp³-hybridized carbons (Fsp3) is 0. The van der Waals surface area contributed by atoms with E-state index < -0.39 is 10.0 Å². The molecule has 0 aromatic heterocycles.